The largest absolute Gasteiger partial charge is 0.493 e. The van der Waals surface area contributed by atoms with Gasteiger partial charge in [-0.3, -0.25) is 0 Å². The zero-order chi connectivity index (χ0) is 16.7. The van der Waals surface area contributed by atoms with Crippen molar-refractivity contribution < 1.29 is 18.6 Å². The van der Waals surface area contributed by atoms with Crippen molar-refractivity contribution in [3.8, 4) is 23.3 Å². The van der Waals surface area contributed by atoms with Crippen LogP contribution in [0, 0.1) is 17.1 Å². The molecule has 0 saturated carbocycles. The third-order valence-corrected chi connectivity index (χ3v) is 3.47. The smallest absolute Gasteiger partial charge is 0.203 e. The highest BCUT2D eigenvalue weighted by Crippen LogP contribution is 2.36. The predicted octanol–water partition coefficient (Wildman–Crippen LogP) is 3.92. The van der Waals surface area contributed by atoms with Gasteiger partial charge in [0.1, 0.15) is 5.82 Å². The first kappa shape index (κ1) is 16.6. The molecule has 0 aromatic heterocycles. The Balaban J connectivity index is 2.05. The molecule has 0 N–H and O–H groups in total. The average Bonchev–Trinajstić information content (AvgIpc) is 2.59. The van der Waals surface area contributed by atoms with Gasteiger partial charge in [-0.05, 0) is 18.2 Å². The van der Waals surface area contributed by atoms with Crippen LogP contribution in [0.1, 0.15) is 17.9 Å². The molecule has 0 amide bonds. The summed E-state index contributed by atoms with van der Waals surface area (Å²) in [6.07, 6.45) is 0.373. The van der Waals surface area contributed by atoms with Crippen molar-refractivity contribution in [2.45, 2.75) is 12.3 Å². The normalized spacial score (nSPS) is 11.4. The molecule has 0 spiro atoms. The van der Waals surface area contributed by atoms with Gasteiger partial charge < -0.3 is 14.2 Å². The van der Waals surface area contributed by atoms with Crippen LogP contribution < -0.4 is 14.2 Å². The van der Waals surface area contributed by atoms with E-state index in [1.807, 2.05) is 0 Å². The first-order chi connectivity index (χ1) is 11.2. The molecule has 23 heavy (non-hydrogen) atoms. The van der Waals surface area contributed by atoms with Gasteiger partial charge in [0, 0.05) is 12.0 Å². The molecular weight excluding hydrogens is 297 g/mol. The fourth-order valence-corrected chi connectivity index (χ4v) is 2.31. The second kappa shape index (κ2) is 8.04. The number of nitrogens with zero attached hydrogens (tertiary/aromatic N) is 1. The van der Waals surface area contributed by atoms with Crippen molar-refractivity contribution in [3.05, 3.63) is 53.8 Å². The van der Waals surface area contributed by atoms with E-state index in [1.165, 1.54) is 13.2 Å². The number of benzene rings is 2. The second-order valence-electron chi connectivity index (χ2n) is 4.83. The molecule has 0 fully saturated rings. The van der Waals surface area contributed by atoms with Gasteiger partial charge >= 0.3 is 0 Å². The monoisotopic (exact) mass is 315 g/mol. The lowest BCUT2D eigenvalue weighted by atomic mass is 9.97. The third-order valence-electron chi connectivity index (χ3n) is 3.47. The molecule has 2 rings (SSSR count). The molecule has 1 atom stereocenters. The maximum atomic E-state index is 13.8. The van der Waals surface area contributed by atoms with E-state index in [0.717, 1.165) is 0 Å². The maximum absolute atomic E-state index is 13.8. The number of halogens is 1. The van der Waals surface area contributed by atoms with E-state index in [-0.39, 0.29) is 12.4 Å². The Hall–Kier alpha value is -2.74. The zero-order valence-corrected chi connectivity index (χ0v) is 13.1. The van der Waals surface area contributed by atoms with Gasteiger partial charge in [0.05, 0.1) is 32.8 Å². The zero-order valence-electron chi connectivity index (χ0n) is 13.1. The van der Waals surface area contributed by atoms with Gasteiger partial charge in [0.25, 0.3) is 0 Å². The standard InChI is InChI=1S/C18H18FNO3/c1-21-16-8-5-9-17(18(16)22-2)23-11-10-13(12-20)14-6-3-4-7-15(14)19/h3-9,13H,10-11H2,1-2H3. The number of hydrogen-bond acceptors (Lipinski definition) is 4. The van der Waals surface area contributed by atoms with Crippen molar-refractivity contribution in [2.75, 3.05) is 20.8 Å². The van der Waals surface area contributed by atoms with Crippen LogP contribution in [0.2, 0.25) is 0 Å². The SMILES string of the molecule is COc1cccc(OCCC(C#N)c2ccccc2F)c1OC. The van der Waals surface area contributed by atoms with Crippen LogP contribution in [-0.2, 0) is 0 Å². The number of methoxy groups -OCH3 is 2. The van der Waals surface area contributed by atoms with E-state index in [9.17, 15) is 9.65 Å². The number of rotatable bonds is 7. The van der Waals surface area contributed by atoms with Crippen molar-refractivity contribution in [1.29, 1.82) is 5.26 Å². The van der Waals surface area contributed by atoms with E-state index < -0.39 is 5.92 Å². The summed E-state index contributed by atoms with van der Waals surface area (Å²) in [6.45, 7) is 0.260. The lowest BCUT2D eigenvalue weighted by Gasteiger charge is -2.15. The fourth-order valence-electron chi connectivity index (χ4n) is 2.31. The number of para-hydroxylation sites is 1. The van der Waals surface area contributed by atoms with Gasteiger partial charge in [0.15, 0.2) is 11.5 Å². The Morgan fingerprint density at radius 3 is 2.43 bits per heavy atom. The van der Waals surface area contributed by atoms with Crippen LogP contribution in [0.3, 0.4) is 0 Å². The fraction of sp³-hybridized carbons (Fsp3) is 0.278. The topological polar surface area (TPSA) is 51.5 Å². The van der Waals surface area contributed by atoms with E-state index in [1.54, 1.807) is 43.5 Å². The highest BCUT2D eigenvalue weighted by molar-refractivity contribution is 5.51. The number of ether oxygens (including phenoxy) is 3. The summed E-state index contributed by atoms with van der Waals surface area (Å²) < 4.78 is 29.9. The summed E-state index contributed by atoms with van der Waals surface area (Å²) in [5.41, 5.74) is 0.385. The Bertz CT molecular complexity index is 697. The third kappa shape index (κ3) is 3.92. The Labute approximate surface area is 135 Å². The highest BCUT2D eigenvalue weighted by Gasteiger charge is 2.16. The van der Waals surface area contributed by atoms with Crippen LogP contribution in [0.15, 0.2) is 42.5 Å². The van der Waals surface area contributed by atoms with Gasteiger partial charge in [-0.15, -0.1) is 0 Å². The average molecular weight is 315 g/mol. The summed E-state index contributed by atoms with van der Waals surface area (Å²) in [6, 6.07) is 13.7. The Morgan fingerprint density at radius 1 is 1.04 bits per heavy atom. The van der Waals surface area contributed by atoms with E-state index >= 15 is 0 Å². The highest BCUT2D eigenvalue weighted by atomic mass is 19.1. The first-order valence-electron chi connectivity index (χ1n) is 7.19. The van der Waals surface area contributed by atoms with Crippen molar-refractivity contribution in [3.63, 3.8) is 0 Å². The molecule has 0 radical (unpaired) electrons. The van der Waals surface area contributed by atoms with Gasteiger partial charge in [-0.25, -0.2) is 4.39 Å². The summed E-state index contributed by atoms with van der Waals surface area (Å²) in [4.78, 5) is 0. The summed E-state index contributed by atoms with van der Waals surface area (Å²) in [7, 11) is 3.08. The Kier molecular flexibility index (Phi) is 5.81. The molecule has 0 saturated heterocycles. The van der Waals surface area contributed by atoms with Crippen molar-refractivity contribution in [2.24, 2.45) is 0 Å². The van der Waals surface area contributed by atoms with Crippen LogP contribution in [-0.4, -0.2) is 20.8 Å². The molecule has 120 valence electrons. The van der Waals surface area contributed by atoms with E-state index in [4.69, 9.17) is 14.2 Å². The van der Waals surface area contributed by atoms with Crippen molar-refractivity contribution in [1.82, 2.24) is 0 Å². The molecule has 0 heterocycles. The maximum Gasteiger partial charge on any atom is 0.203 e. The van der Waals surface area contributed by atoms with Crippen LogP contribution >= 0.6 is 0 Å². The number of hydrogen-bond donors (Lipinski definition) is 0. The first-order valence-corrected chi connectivity index (χ1v) is 7.19. The van der Waals surface area contributed by atoms with Gasteiger partial charge in [0.2, 0.25) is 5.75 Å². The molecule has 2 aromatic carbocycles. The van der Waals surface area contributed by atoms with E-state index in [0.29, 0.717) is 29.2 Å². The summed E-state index contributed by atoms with van der Waals surface area (Å²) in [5, 5.41) is 9.27. The van der Waals surface area contributed by atoms with Crippen LogP contribution in [0.4, 0.5) is 4.39 Å². The molecule has 0 bridgehead atoms. The molecule has 0 aliphatic rings. The molecule has 1 unspecified atom stereocenters. The molecule has 2 aromatic rings. The molecule has 0 aliphatic heterocycles. The minimum Gasteiger partial charge on any atom is -0.493 e. The Morgan fingerprint density at radius 2 is 1.78 bits per heavy atom. The molecule has 4 nitrogen and oxygen atoms in total. The predicted molar refractivity (Wildman–Crippen MR) is 84.4 cm³/mol. The molecular formula is C18H18FNO3. The van der Waals surface area contributed by atoms with Crippen molar-refractivity contribution >= 4 is 0 Å². The molecule has 0 aliphatic carbocycles. The summed E-state index contributed by atoms with van der Waals surface area (Å²) >= 11 is 0. The lowest BCUT2D eigenvalue weighted by molar-refractivity contribution is 0.276. The lowest BCUT2D eigenvalue weighted by Crippen LogP contribution is -2.07. The quantitative estimate of drug-likeness (QED) is 0.777. The summed E-state index contributed by atoms with van der Waals surface area (Å²) in [5.74, 6) is 0.647. The van der Waals surface area contributed by atoms with Gasteiger partial charge in [-0.1, -0.05) is 24.3 Å². The second-order valence-corrected chi connectivity index (χ2v) is 4.83. The van der Waals surface area contributed by atoms with Crippen LogP contribution in [0.5, 0.6) is 17.2 Å². The van der Waals surface area contributed by atoms with Crippen LogP contribution in [0.25, 0.3) is 0 Å². The minimum absolute atomic E-state index is 0.260. The molecule has 5 heteroatoms. The minimum atomic E-state index is -0.562. The van der Waals surface area contributed by atoms with Gasteiger partial charge in [-0.2, -0.15) is 5.26 Å². The number of nitriles is 1. The van der Waals surface area contributed by atoms with E-state index in [2.05, 4.69) is 6.07 Å².